The molecule has 1 saturated heterocycles. The van der Waals surface area contributed by atoms with Crippen LogP contribution in [0.15, 0.2) is 72.8 Å². The van der Waals surface area contributed by atoms with E-state index in [1.54, 1.807) is 0 Å². The van der Waals surface area contributed by atoms with Crippen molar-refractivity contribution in [2.24, 2.45) is 0 Å². The first kappa shape index (κ1) is 20.2. The third-order valence-electron chi connectivity index (χ3n) is 7.56. The van der Waals surface area contributed by atoms with Gasteiger partial charge in [0, 0.05) is 0 Å². The topological polar surface area (TPSA) is 21.8 Å². The summed E-state index contributed by atoms with van der Waals surface area (Å²) in [6.45, 7) is 4.53. The molecule has 34 heavy (non-hydrogen) atoms. The summed E-state index contributed by atoms with van der Waals surface area (Å²) in [7, 11) is 0. The second kappa shape index (κ2) is 7.94. The molecule has 7 rings (SSSR count). The average molecular weight is 445 g/mol. The van der Waals surface area contributed by atoms with Gasteiger partial charge in [-0.2, -0.15) is 0 Å². The van der Waals surface area contributed by atoms with Gasteiger partial charge in [-0.05, 0) is 87.4 Å². The minimum atomic E-state index is 0.342. The molecule has 1 heterocycles. The molecule has 0 radical (unpaired) electrons. The summed E-state index contributed by atoms with van der Waals surface area (Å²) in [4.78, 5) is 0. The van der Waals surface area contributed by atoms with E-state index in [-0.39, 0.29) is 0 Å². The van der Waals surface area contributed by atoms with E-state index in [4.69, 9.17) is 9.47 Å². The first-order chi connectivity index (χ1) is 16.7. The van der Waals surface area contributed by atoms with E-state index in [1.807, 2.05) is 0 Å². The molecular formula is C32H28O2. The van der Waals surface area contributed by atoms with Gasteiger partial charge in [0.05, 0.1) is 19.8 Å². The Morgan fingerprint density at radius 2 is 1.26 bits per heavy atom. The van der Waals surface area contributed by atoms with Gasteiger partial charge >= 0.3 is 0 Å². The first-order valence-electron chi connectivity index (χ1n) is 12.4. The summed E-state index contributed by atoms with van der Waals surface area (Å²) in [6, 6.07) is 27.8. The van der Waals surface area contributed by atoms with Crippen molar-refractivity contribution >= 4 is 0 Å². The number of epoxide rings is 1. The first-order valence-corrected chi connectivity index (χ1v) is 12.4. The summed E-state index contributed by atoms with van der Waals surface area (Å²) in [6.07, 6.45) is 3.35. The highest BCUT2D eigenvalue weighted by atomic mass is 16.6. The van der Waals surface area contributed by atoms with Gasteiger partial charge in [-0.1, -0.05) is 78.4 Å². The third-order valence-corrected chi connectivity index (χ3v) is 7.56. The maximum absolute atomic E-state index is 5.74. The third kappa shape index (κ3) is 3.58. The van der Waals surface area contributed by atoms with E-state index in [2.05, 4.69) is 79.7 Å². The van der Waals surface area contributed by atoms with Crippen LogP contribution in [0.2, 0.25) is 0 Å². The number of rotatable bonds is 6. The lowest BCUT2D eigenvalue weighted by Crippen LogP contribution is -2.05. The SMILES string of the molecule is Cc1ccc2c(c1)Cc1cc(-c3ccc4c(c3)Cc3cc(CCOCC5CO5)ccc3-4)ccc1-2. The molecule has 1 fully saturated rings. The zero-order valence-corrected chi connectivity index (χ0v) is 19.6. The molecule has 4 aromatic rings. The number of fused-ring (bicyclic) bond motifs is 6. The van der Waals surface area contributed by atoms with Crippen LogP contribution in [-0.2, 0) is 28.7 Å². The minimum absolute atomic E-state index is 0.342. The zero-order chi connectivity index (χ0) is 22.6. The molecule has 1 atom stereocenters. The number of hydrogen-bond acceptors (Lipinski definition) is 2. The number of hydrogen-bond donors (Lipinski definition) is 0. The lowest BCUT2D eigenvalue weighted by molar-refractivity contribution is 0.119. The molecule has 0 bridgehead atoms. The van der Waals surface area contributed by atoms with Crippen LogP contribution >= 0.6 is 0 Å². The lowest BCUT2D eigenvalue weighted by Gasteiger charge is -2.09. The Morgan fingerprint density at radius 1 is 0.706 bits per heavy atom. The van der Waals surface area contributed by atoms with Crippen molar-refractivity contribution in [3.63, 3.8) is 0 Å². The van der Waals surface area contributed by atoms with Gasteiger partial charge in [-0.25, -0.2) is 0 Å². The Balaban J connectivity index is 1.11. The van der Waals surface area contributed by atoms with E-state index < -0.39 is 0 Å². The standard InChI is InChI=1S/C32H28O2/c1-20-2-6-29-24(12-20)16-26-14-22(4-8-31(26)29)23-5-9-32-27(15-23)17-25-13-21(3-7-30(25)32)10-11-33-18-28-19-34-28/h2-9,12-15,28H,10-11,16-19H2,1H3. The predicted molar refractivity (Wildman–Crippen MR) is 137 cm³/mol. The van der Waals surface area contributed by atoms with Crippen molar-refractivity contribution in [1.29, 1.82) is 0 Å². The summed E-state index contributed by atoms with van der Waals surface area (Å²) < 4.78 is 11.0. The van der Waals surface area contributed by atoms with E-state index in [9.17, 15) is 0 Å². The van der Waals surface area contributed by atoms with Crippen LogP contribution in [0.4, 0.5) is 0 Å². The van der Waals surface area contributed by atoms with E-state index in [0.717, 1.165) is 39.1 Å². The molecule has 2 nitrogen and oxygen atoms in total. The van der Waals surface area contributed by atoms with E-state index in [0.29, 0.717) is 6.10 Å². The second-order valence-corrected chi connectivity index (χ2v) is 10.0. The van der Waals surface area contributed by atoms with Crippen LogP contribution < -0.4 is 0 Å². The molecule has 0 saturated carbocycles. The van der Waals surface area contributed by atoms with Gasteiger partial charge in [0.2, 0.25) is 0 Å². The molecule has 1 aliphatic heterocycles. The van der Waals surface area contributed by atoms with Crippen LogP contribution in [0.3, 0.4) is 0 Å². The van der Waals surface area contributed by atoms with Crippen molar-refractivity contribution in [2.45, 2.75) is 32.3 Å². The zero-order valence-electron chi connectivity index (χ0n) is 19.6. The lowest BCUT2D eigenvalue weighted by atomic mass is 9.96. The van der Waals surface area contributed by atoms with Gasteiger partial charge in [-0.15, -0.1) is 0 Å². The summed E-state index contributed by atoms with van der Waals surface area (Å²) in [5.74, 6) is 0. The molecule has 0 aromatic heterocycles. The fourth-order valence-corrected chi connectivity index (χ4v) is 5.69. The van der Waals surface area contributed by atoms with Gasteiger partial charge < -0.3 is 9.47 Å². The van der Waals surface area contributed by atoms with Crippen molar-refractivity contribution in [3.8, 4) is 33.4 Å². The highest BCUT2D eigenvalue weighted by molar-refractivity contribution is 5.83. The predicted octanol–water partition coefficient (Wildman–Crippen LogP) is 6.76. The van der Waals surface area contributed by atoms with Crippen molar-refractivity contribution in [1.82, 2.24) is 0 Å². The van der Waals surface area contributed by atoms with Crippen molar-refractivity contribution in [3.05, 3.63) is 106 Å². The number of aryl methyl sites for hydroxylation is 1. The number of benzene rings is 4. The molecule has 0 spiro atoms. The minimum Gasteiger partial charge on any atom is -0.378 e. The number of ether oxygens (including phenoxy) is 2. The Labute approximate surface area is 201 Å². The molecule has 2 aliphatic carbocycles. The quantitative estimate of drug-likeness (QED) is 0.209. The largest absolute Gasteiger partial charge is 0.378 e. The molecular weight excluding hydrogens is 416 g/mol. The van der Waals surface area contributed by atoms with Gasteiger partial charge in [-0.3, -0.25) is 0 Å². The van der Waals surface area contributed by atoms with Crippen molar-refractivity contribution < 1.29 is 9.47 Å². The van der Waals surface area contributed by atoms with Crippen LogP contribution in [0.5, 0.6) is 0 Å². The Kier molecular flexibility index (Phi) is 4.72. The molecule has 0 amide bonds. The average Bonchev–Trinajstić information content (AvgIpc) is 3.50. The molecule has 1 unspecified atom stereocenters. The maximum Gasteiger partial charge on any atom is 0.104 e. The van der Waals surface area contributed by atoms with Crippen LogP contribution in [0.1, 0.15) is 33.4 Å². The molecule has 168 valence electrons. The summed E-state index contributed by atoms with van der Waals surface area (Å²) in [5, 5.41) is 0. The molecule has 3 aliphatic rings. The smallest absolute Gasteiger partial charge is 0.104 e. The summed E-state index contributed by atoms with van der Waals surface area (Å²) >= 11 is 0. The fourth-order valence-electron chi connectivity index (χ4n) is 5.69. The Bertz CT molecular complexity index is 1430. The van der Waals surface area contributed by atoms with Gasteiger partial charge in [0.25, 0.3) is 0 Å². The molecule has 0 N–H and O–H groups in total. The van der Waals surface area contributed by atoms with E-state index in [1.165, 1.54) is 66.8 Å². The highest BCUT2D eigenvalue weighted by Gasteiger charge is 2.23. The normalized spacial score (nSPS) is 16.7. The Morgan fingerprint density at radius 3 is 1.91 bits per heavy atom. The highest BCUT2D eigenvalue weighted by Crippen LogP contribution is 2.42. The van der Waals surface area contributed by atoms with Crippen molar-refractivity contribution in [2.75, 3.05) is 19.8 Å². The fraction of sp³-hybridized carbons (Fsp3) is 0.250. The monoisotopic (exact) mass is 444 g/mol. The van der Waals surface area contributed by atoms with Gasteiger partial charge in [0.15, 0.2) is 0 Å². The van der Waals surface area contributed by atoms with Gasteiger partial charge in [0.1, 0.15) is 6.10 Å². The summed E-state index contributed by atoms with van der Waals surface area (Å²) in [5.41, 5.74) is 16.7. The van der Waals surface area contributed by atoms with Crippen LogP contribution in [0, 0.1) is 6.92 Å². The molecule has 2 heteroatoms. The second-order valence-electron chi connectivity index (χ2n) is 10.0. The maximum atomic E-state index is 5.74. The Hall–Kier alpha value is -3.20. The molecule has 4 aromatic carbocycles. The van der Waals surface area contributed by atoms with E-state index >= 15 is 0 Å². The van der Waals surface area contributed by atoms with Crippen LogP contribution in [0.25, 0.3) is 33.4 Å². The van der Waals surface area contributed by atoms with Crippen LogP contribution in [-0.4, -0.2) is 25.9 Å².